The monoisotopic (exact) mass is 280 g/mol. The molecule has 4 atom stereocenters. The van der Waals surface area contributed by atoms with Crippen LogP contribution in [0, 0.1) is 23.7 Å². The maximum atomic E-state index is 12.8. The zero-order chi connectivity index (χ0) is 14.8. The zero-order valence-electron chi connectivity index (χ0n) is 13.8. The Balaban J connectivity index is 2.07. The molecule has 0 spiro atoms. The summed E-state index contributed by atoms with van der Waals surface area (Å²) in [6.45, 7) is 8.92. The van der Waals surface area contributed by atoms with Crippen molar-refractivity contribution in [2.24, 2.45) is 23.7 Å². The summed E-state index contributed by atoms with van der Waals surface area (Å²) in [5.41, 5.74) is -0.126. The number of hydrogen-bond acceptors (Lipinski definition) is 2. The van der Waals surface area contributed by atoms with Crippen molar-refractivity contribution in [3.63, 3.8) is 0 Å². The molecule has 0 saturated heterocycles. The second kappa shape index (κ2) is 6.49. The Morgan fingerprint density at radius 1 is 1.10 bits per heavy atom. The number of carbonyl (C=O) groups is 1. The van der Waals surface area contributed by atoms with E-state index >= 15 is 0 Å². The smallest absolute Gasteiger partial charge is 0.310 e. The molecule has 2 nitrogen and oxygen atoms in total. The third-order valence-electron chi connectivity index (χ3n) is 6.22. The molecule has 0 aromatic carbocycles. The summed E-state index contributed by atoms with van der Waals surface area (Å²) in [6, 6.07) is 0. The molecule has 0 radical (unpaired) electrons. The van der Waals surface area contributed by atoms with Crippen LogP contribution in [-0.2, 0) is 9.53 Å². The van der Waals surface area contributed by atoms with E-state index in [0.717, 1.165) is 25.7 Å². The molecular weight excluding hydrogens is 248 g/mol. The zero-order valence-corrected chi connectivity index (χ0v) is 13.8. The van der Waals surface area contributed by atoms with Gasteiger partial charge in [0.1, 0.15) is 5.60 Å². The highest BCUT2D eigenvalue weighted by Crippen LogP contribution is 2.46. The summed E-state index contributed by atoms with van der Waals surface area (Å²) in [6.07, 6.45) is 9.09. The van der Waals surface area contributed by atoms with Crippen LogP contribution in [0.5, 0.6) is 0 Å². The fraction of sp³-hybridized carbons (Fsp3) is 0.944. The van der Waals surface area contributed by atoms with Gasteiger partial charge in [-0.05, 0) is 56.3 Å². The Morgan fingerprint density at radius 2 is 1.70 bits per heavy atom. The van der Waals surface area contributed by atoms with Gasteiger partial charge in [-0.1, -0.05) is 40.5 Å². The van der Waals surface area contributed by atoms with Crippen molar-refractivity contribution in [1.29, 1.82) is 0 Å². The molecule has 2 rings (SSSR count). The van der Waals surface area contributed by atoms with Crippen LogP contribution in [0.4, 0.5) is 0 Å². The summed E-state index contributed by atoms with van der Waals surface area (Å²) < 4.78 is 6.09. The molecule has 0 heterocycles. The lowest BCUT2D eigenvalue weighted by Crippen LogP contribution is -2.36. The van der Waals surface area contributed by atoms with Crippen molar-refractivity contribution < 1.29 is 9.53 Å². The average molecular weight is 280 g/mol. The van der Waals surface area contributed by atoms with Gasteiger partial charge in [-0.3, -0.25) is 4.79 Å². The Kier molecular flexibility index (Phi) is 5.14. The average Bonchev–Trinajstić information content (AvgIpc) is 3.03. The van der Waals surface area contributed by atoms with Gasteiger partial charge in [-0.25, -0.2) is 0 Å². The first-order chi connectivity index (χ1) is 9.56. The van der Waals surface area contributed by atoms with Gasteiger partial charge in [-0.15, -0.1) is 0 Å². The summed E-state index contributed by atoms with van der Waals surface area (Å²) in [5, 5.41) is 0. The molecule has 20 heavy (non-hydrogen) atoms. The quantitative estimate of drug-likeness (QED) is 0.665. The SMILES string of the molecule is CCC1CC(CC)C(C(=O)OC2(CC)CCCC2)C1C. The fourth-order valence-corrected chi connectivity index (χ4v) is 4.67. The summed E-state index contributed by atoms with van der Waals surface area (Å²) in [4.78, 5) is 12.8. The third kappa shape index (κ3) is 2.89. The number of carbonyl (C=O) groups excluding carboxylic acids is 1. The molecule has 2 fully saturated rings. The molecule has 2 saturated carbocycles. The molecule has 116 valence electrons. The van der Waals surface area contributed by atoms with Crippen LogP contribution in [0.3, 0.4) is 0 Å². The Bertz CT molecular complexity index is 328. The van der Waals surface area contributed by atoms with Crippen LogP contribution in [0.2, 0.25) is 0 Å². The van der Waals surface area contributed by atoms with Crippen LogP contribution < -0.4 is 0 Å². The molecule has 0 bridgehead atoms. The number of esters is 1. The van der Waals surface area contributed by atoms with Crippen molar-refractivity contribution in [3.05, 3.63) is 0 Å². The van der Waals surface area contributed by atoms with Crippen LogP contribution in [0.15, 0.2) is 0 Å². The van der Waals surface area contributed by atoms with Gasteiger partial charge in [0.15, 0.2) is 0 Å². The van der Waals surface area contributed by atoms with E-state index in [-0.39, 0.29) is 17.5 Å². The van der Waals surface area contributed by atoms with Gasteiger partial charge in [0, 0.05) is 0 Å². The fourth-order valence-electron chi connectivity index (χ4n) is 4.67. The number of rotatable bonds is 5. The van der Waals surface area contributed by atoms with E-state index in [0.29, 0.717) is 17.8 Å². The molecule has 4 unspecified atom stereocenters. The van der Waals surface area contributed by atoms with Crippen LogP contribution >= 0.6 is 0 Å². The molecule has 2 aliphatic carbocycles. The van der Waals surface area contributed by atoms with E-state index in [1.54, 1.807) is 0 Å². The van der Waals surface area contributed by atoms with Gasteiger partial charge in [0.25, 0.3) is 0 Å². The second-order valence-corrected chi connectivity index (χ2v) is 7.12. The summed E-state index contributed by atoms with van der Waals surface area (Å²) in [7, 11) is 0. The van der Waals surface area contributed by atoms with Crippen LogP contribution in [0.1, 0.15) is 79.1 Å². The predicted molar refractivity (Wildman–Crippen MR) is 82.4 cm³/mol. The van der Waals surface area contributed by atoms with Crippen molar-refractivity contribution in [3.8, 4) is 0 Å². The topological polar surface area (TPSA) is 26.3 Å². The minimum Gasteiger partial charge on any atom is -0.459 e. The highest BCUT2D eigenvalue weighted by Gasteiger charge is 2.46. The summed E-state index contributed by atoms with van der Waals surface area (Å²) >= 11 is 0. The lowest BCUT2D eigenvalue weighted by molar-refractivity contribution is -0.168. The van der Waals surface area contributed by atoms with Crippen molar-refractivity contribution in [2.45, 2.75) is 84.7 Å². The Labute approximate surface area is 124 Å². The van der Waals surface area contributed by atoms with Crippen molar-refractivity contribution in [1.82, 2.24) is 0 Å². The summed E-state index contributed by atoms with van der Waals surface area (Å²) in [5.74, 6) is 2.00. The minimum absolute atomic E-state index is 0.115. The lowest BCUT2D eigenvalue weighted by Gasteiger charge is -2.31. The largest absolute Gasteiger partial charge is 0.459 e. The van der Waals surface area contributed by atoms with E-state index in [4.69, 9.17) is 4.74 Å². The van der Waals surface area contributed by atoms with Crippen LogP contribution in [-0.4, -0.2) is 11.6 Å². The molecule has 0 aromatic heterocycles. The number of hydrogen-bond donors (Lipinski definition) is 0. The standard InChI is InChI=1S/C18H32O2/c1-5-14-12-15(6-2)16(13(14)4)17(19)20-18(7-3)10-8-9-11-18/h13-16H,5-12H2,1-4H3. The first kappa shape index (κ1) is 15.9. The maximum Gasteiger partial charge on any atom is 0.310 e. The first-order valence-corrected chi connectivity index (χ1v) is 8.79. The maximum absolute atomic E-state index is 12.8. The Morgan fingerprint density at radius 3 is 2.20 bits per heavy atom. The van der Waals surface area contributed by atoms with E-state index in [1.807, 2.05) is 0 Å². The van der Waals surface area contributed by atoms with Gasteiger partial charge in [-0.2, -0.15) is 0 Å². The van der Waals surface area contributed by atoms with E-state index in [2.05, 4.69) is 27.7 Å². The highest BCUT2D eigenvalue weighted by atomic mass is 16.6. The molecule has 0 aliphatic heterocycles. The molecule has 0 aromatic rings. The van der Waals surface area contributed by atoms with Crippen molar-refractivity contribution >= 4 is 5.97 Å². The van der Waals surface area contributed by atoms with Gasteiger partial charge in [0.2, 0.25) is 0 Å². The Hall–Kier alpha value is -0.530. The van der Waals surface area contributed by atoms with Gasteiger partial charge < -0.3 is 4.74 Å². The van der Waals surface area contributed by atoms with E-state index in [1.165, 1.54) is 25.7 Å². The predicted octanol–water partition coefficient (Wildman–Crippen LogP) is 4.96. The van der Waals surface area contributed by atoms with Crippen LogP contribution in [0.25, 0.3) is 0 Å². The van der Waals surface area contributed by atoms with E-state index < -0.39 is 0 Å². The van der Waals surface area contributed by atoms with Gasteiger partial charge in [0.05, 0.1) is 5.92 Å². The number of ether oxygens (including phenoxy) is 1. The highest BCUT2D eigenvalue weighted by molar-refractivity contribution is 5.74. The molecular formula is C18H32O2. The van der Waals surface area contributed by atoms with Crippen molar-refractivity contribution in [2.75, 3.05) is 0 Å². The minimum atomic E-state index is -0.126. The molecule has 2 heteroatoms. The van der Waals surface area contributed by atoms with Gasteiger partial charge >= 0.3 is 5.97 Å². The normalized spacial score (nSPS) is 36.2. The lowest BCUT2D eigenvalue weighted by atomic mass is 9.86. The molecule has 2 aliphatic rings. The first-order valence-electron chi connectivity index (χ1n) is 8.79. The molecule has 0 amide bonds. The third-order valence-corrected chi connectivity index (χ3v) is 6.22. The van der Waals surface area contributed by atoms with E-state index in [9.17, 15) is 4.79 Å². The second-order valence-electron chi connectivity index (χ2n) is 7.12. The molecule has 0 N–H and O–H groups in total.